The van der Waals surface area contributed by atoms with Gasteiger partial charge in [-0.15, -0.1) is 0 Å². The van der Waals surface area contributed by atoms with E-state index in [9.17, 15) is 13.2 Å². The fraction of sp³-hybridized carbons (Fsp3) is 0.409. The first-order valence-corrected chi connectivity index (χ1v) is 11.8. The molecule has 1 N–H and O–H groups in total. The Morgan fingerprint density at radius 1 is 1.10 bits per heavy atom. The summed E-state index contributed by atoms with van der Waals surface area (Å²) in [7, 11) is -3.70. The number of carbonyl (C=O) groups excluding carboxylic acids is 1. The lowest BCUT2D eigenvalue weighted by Gasteiger charge is -2.22. The van der Waals surface area contributed by atoms with Crippen LogP contribution in [0.15, 0.2) is 53.4 Å². The molecule has 0 bridgehead atoms. The molecule has 0 spiro atoms. The third-order valence-corrected chi connectivity index (χ3v) is 7.47. The Morgan fingerprint density at radius 3 is 2.38 bits per heavy atom. The fourth-order valence-corrected chi connectivity index (χ4v) is 5.60. The zero-order valence-corrected chi connectivity index (χ0v) is 18.3. The van der Waals surface area contributed by atoms with Gasteiger partial charge in [0.1, 0.15) is 4.90 Å². The molecular weight excluding hydrogens is 408 g/mol. The van der Waals surface area contributed by atoms with E-state index in [0.717, 1.165) is 24.8 Å². The molecule has 1 heterocycles. The number of hydrogen-bond donors (Lipinski definition) is 1. The number of sulfonamides is 1. The summed E-state index contributed by atoms with van der Waals surface area (Å²) >= 11 is 6.20. The fourth-order valence-electron chi connectivity index (χ4n) is 3.59. The van der Waals surface area contributed by atoms with E-state index in [2.05, 4.69) is 19.2 Å². The highest BCUT2D eigenvalue weighted by molar-refractivity contribution is 7.89. The molecule has 2 aromatic rings. The van der Waals surface area contributed by atoms with Crippen molar-refractivity contribution in [3.8, 4) is 0 Å². The molecule has 5 nitrogen and oxygen atoms in total. The number of halogens is 1. The highest BCUT2D eigenvalue weighted by Gasteiger charge is 2.30. The molecule has 1 atom stereocenters. The summed E-state index contributed by atoms with van der Waals surface area (Å²) in [5.41, 5.74) is 1.31. The van der Waals surface area contributed by atoms with E-state index in [1.807, 2.05) is 30.3 Å². The number of rotatable bonds is 7. The van der Waals surface area contributed by atoms with Crippen LogP contribution in [-0.4, -0.2) is 31.7 Å². The normalized spacial score (nSPS) is 16.1. The minimum Gasteiger partial charge on any atom is -0.345 e. The minimum absolute atomic E-state index is 0.00571. The first-order valence-electron chi connectivity index (χ1n) is 9.94. The van der Waals surface area contributed by atoms with Gasteiger partial charge in [-0.2, -0.15) is 4.31 Å². The Hall–Kier alpha value is -1.89. The lowest BCUT2D eigenvalue weighted by atomic mass is 9.96. The van der Waals surface area contributed by atoms with Crippen molar-refractivity contribution in [1.29, 1.82) is 0 Å². The number of amides is 1. The maximum Gasteiger partial charge on any atom is 0.251 e. The largest absolute Gasteiger partial charge is 0.345 e. The lowest BCUT2D eigenvalue weighted by Crippen LogP contribution is -2.31. The molecule has 1 aliphatic heterocycles. The van der Waals surface area contributed by atoms with Crippen LogP contribution < -0.4 is 5.32 Å². The van der Waals surface area contributed by atoms with Crippen LogP contribution >= 0.6 is 11.6 Å². The second-order valence-corrected chi connectivity index (χ2v) is 10.1. The number of carbonyl (C=O) groups is 1. The second kappa shape index (κ2) is 9.28. The number of hydrogen-bond acceptors (Lipinski definition) is 3. The molecule has 0 aromatic heterocycles. The predicted octanol–water partition coefficient (Wildman–Crippen LogP) is 4.64. The maximum absolute atomic E-state index is 13.0. The van der Waals surface area contributed by atoms with Crippen molar-refractivity contribution in [3.05, 3.63) is 64.7 Å². The van der Waals surface area contributed by atoms with Gasteiger partial charge in [-0.25, -0.2) is 8.42 Å². The number of benzene rings is 2. The molecule has 29 heavy (non-hydrogen) atoms. The summed E-state index contributed by atoms with van der Waals surface area (Å²) in [4.78, 5) is 13.0. The van der Waals surface area contributed by atoms with Gasteiger partial charge in [0.2, 0.25) is 10.0 Å². The molecule has 0 unspecified atom stereocenters. The van der Waals surface area contributed by atoms with E-state index in [1.165, 1.54) is 16.4 Å². The van der Waals surface area contributed by atoms with Gasteiger partial charge in [0.25, 0.3) is 5.91 Å². The summed E-state index contributed by atoms with van der Waals surface area (Å²) in [6.07, 6.45) is 2.46. The van der Waals surface area contributed by atoms with Crippen LogP contribution in [-0.2, 0) is 10.0 Å². The Kier molecular flexibility index (Phi) is 6.98. The van der Waals surface area contributed by atoms with Crippen LogP contribution in [0.5, 0.6) is 0 Å². The van der Waals surface area contributed by atoms with E-state index in [1.54, 1.807) is 6.07 Å². The van der Waals surface area contributed by atoms with Crippen LogP contribution in [0.25, 0.3) is 0 Å². The molecule has 0 saturated carbocycles. The molecule has 1 saturated heterocycles. The van der Waals surface area contributed by atoms with Crippen LogP contribution in [0.3, 0.4) is 0 Å². The summed E-state index contributed by atoms with van der Waals surface area (Å²) in [6, 6.07) is 14.1. The topological polar surface area (TPSA) is 66.5 Å². The van der Waals surface area contributed by atoms with Gasteiger partial charge in [-0.1, -0.05) is 55.8 Å². The highest BCUT2D eigenvalue weighted by Crippen LogP contribution is 2.29. The van der Waals surface area contributed by atoms with E-state index in [4.69, 9.17) is 11.6 Å². The molecule has 1 amide bonds. The van der Waals surface area contributed by atoms with Crippen molar-refractivity contribution in [3.63, 3.8) is 0 Å². The monoisotopic (exact) mass is 434 g/mol. The Morgan fingerprint density at radius 2 is 1.76 bits per heavy atom. The molecule has 156 valence electrons. The standard InChI is InChI=1S/C22H27ClN2O3S/c1-16(2)14-20(17-8-4-3-5-9-17)24-22(26)18-10-11-19(23)21(15-18)29(27,28)25-12-6-7-13-25/h3-5,8-11,15-16,20H,6-7,12-14H2,1-2H3,(H,24,26)/t20-/m1/s1. The van der Waals surface area contributed by atoms with Gasteiger partial charge in [-0.05, 0) is 48.9 Å². The van der Waals surface area contributed by atoms with Crippen molar-refractivity contribution < 1.29 is 13.2 Å². The first-order chi connectivity index (χ1) is 13.8. The highest BCUT2D eigenvalue weighted by atomic mass is 35.5. The van der Waals surface area contributed by atoms with Gasteiger partial charge < -0.3 is 5.32 Å². The van der Waals surface area contributed by atoms with E-state index < -0.39 is 10.0 Å². The zero-order chi connectivity index (χ0) is 21.0. The lowest BCUT2D eigenvalue weighted by molar-refractivity contribution is 0.0931. The van der Waals surface area contributed by atoms with Gasteiger partial charge in [0.15, 0.2) is 0 Å². The van der Waals surface area contributed by atoms with Crippen LogP contribution in [0.1, 0.15) is 55.1 Å². The average molecular weight is 435 g/mol. The van der Waals surface area contributed by atoms with Gasteiger partial charge in [-0.3, -0.25) is 4.79 Å². The third kappa shape index (κ3) is 5.18. The number of nitrogens with zero attached hydrogens (tertiary/aromatic N) is 1. The smallest absolute Gasteiger partial charge is 0.251 e. The molecule has 7 heteroatoms. The molecule has 2 aromatic carbocycles. The van der Waals surface area contributed by atoms with E-state index in [-0.39, 0.29) is 27.4 Å². The van der Waals surface area contributed by atoms with E-state index >= 15 is 0 Å². The maximum atomic E-state index is 13.0. The van der Waals surface area contributed by atoms with Crippen molar-refractivity contribution >= 4 is 27.5 Å². The minimum atomic E-state index is -3.70. The molecule has 3 rings (SSSR count). The Bertz CT molecular complexity index is 955. The molecule has 1 aliphatic rings. The summed E-state index contributed by atoms with van der Waals surface area (Å²) in [5, 5.41) is 3.19. The third-order valence-electron chi connectivity index (χ3n) is 5.09. The Labute approximate surface area is 178 Å². The first kappa shape index (κ1) is 21.8. The summed E-state index contributed by atoms with van der Waals surface area (Å²) in [6.45, 7) is 5.18. The van der Waals surface area contributed by atoms with Crippen LogP contribution in [0.4, 0.5) is 0 Å². The van der Waals surface area contributed by atoms with Crippen molar-refractivity contribution in [2.45, 2.75) is 44.0 Å². The summed E-state index contributed by atoms with van der Waals surface area (Å²) < 4.78 is 27.3. The number of nitrogens with one attached hydrogen (secondary N) is 1. The molecular formula is C22H27ClN2O3S. The SMILES string of the molecule is CC(C)C[C@@H](NC(=O)c1ccc(Cl)c(S(=O)(=O)N2CCCC2)c1)c1ccccc1. The van der Waals surface area contributed by atoms with Crippen molar-refractivity contribution in [2.75, 3.05) is 13.1 Å². The van der Waals surface area contributed by atoms with Gasteiger partial charge in [0, 0.05) is 18.7 Å². The molecule has 1 fully saturated rings. The predicted molar refractivity (Wildman–Crippen MR) is 116 cm³/mol. The van der Waals surface area contributed by atoms with Gasteiger partial charge >= 0.3 is 0 Å². The zero-order valence-electron chi connectivity index (χ0n) is 16.8. The summed E-state index contributed by atoms with van der Waals surface area (Å²) in [5.74, 6) is 0.0749. The van der Waals surface area contributed by atoms with Crippen LogP contribution in [0, 0.1) is 5.92 Å². The second-order valence-electron chi connectivity index (χ2n) is 7.82. The molecule has 0 radical (unpaired) electrons. The Balaban J connectivity index is 1.87. The van der Waals surface area contributed by atoms with Crippen molar-refractivity contribution in [2.24, 2.45) is 5.92 Å². The average Bonchev–Trinajstić information content (AvgIpc) is 3.23. The van der Waals surface area contributed by atoms with Crippen LogP contribution in [0.2, 0.25) is 5.02 Å². The van der Waals surface area contributed by atoms with Crippen molar-refractivity contribution in [1.82, 2.24) is 9.62 Å². The van der Waals surface area contributed by atoms with Gasteiger partial charge in [0.05, 0.1) is 11.1 Å². The quantitative estimate of drug-likeness (QED) is 0.690. The molecule has 0 aliphatic carbocycles. The van der Waals surface area contributed by atoms with E-state index in [0.29, 0.717) is 19.0 Å².